The van der Waals surface area contributed by atoms with Crippen LogP contribution in [0.1, 0.15) is 5.56 Å². The lowest BCUT2D eigenvalue weighted by Crippen LogP contribution is -2.40. The number of para-hydroxylation sites is 1. The van der Waals surface area contributed by atoms with Gasteiger partial charge in [0.25, 0.3) is 0 Å². The summed E-state index contributed by atoms with van der Waals surface area (Å²) in [4.78, 5) is 0. The van der Waals surface area contributed by atoms with Crippen molar-refractivity contribution >= 4 is 12.6 Å². The Morgan fingerprint density at radius 2 is 1.88 bits per heavy atom. The highest BCUT2D eigenvalue weighted by molar-refractivity contribution is 6.63. The van der Waals surface area contributed by atoms with E-state index in [0.717, 1.165) is 22.3 Å². The zero-order chi connectivity index (χ0) is 11.1. The highest BCUT2D eigenvalue weighted by Crippen LogP contribution is 2.32. The van der Waals surface area contributed by atoms with Crippen molar-refractivity contribution in [2.75, 3.05) is 0 Å². The van der Waals surface area contributed by atoms with Crippen LogP contribution < -0.4 is 10.1 Å². The van der Waals surface area contributed by atoms with Crippen LogP contribution in [0.2, 0.25) is 0 Å². The van der Waals surface area contributed by atoms with Crippen LogP contribution in [0.4, 0.5) is 0 Å². The maximum Gasteiger partial charge on any atom is 0.560 e. The number of benzene rings is 2. The Balaban J connectivity index is 2.30. The van der Waals surface area contributed by atoms with Crippen LogP contribution in [0.15, 0.2) is 42.5 Å². The molecule has 0 bridgehead atoms. The van der Waals surface area contributed by atoms with Gasteiger partial charge < -0.3 is 9.68 Å². The van der Waals surface area contributed by atoms with E-state index < -0.39 is 7.12 Å². The molecular weight excluding hydrogens is 199 g/mol. The highest BCUT2D eigenvalue weighted by Gasteiger charge is 2.29. The summed E-state index contributed by atoms with van der Waals surface area (Å²) in [5.41, 5.74) is 4.13. The van der Waals surface area contributed by atoms with Gasteiger partial charge in [0.15, 0.2) is 0 Å². The van der Waals surface area contributed by atoms with Crippen molar-refractivity contribution in [2.24, 2.45) is 0 Å². The van der Waals surface area contributed by atoms with Crippen LogP contribution in [-0.2, 0) is 0 Å². The van der Waals surface area contributed by atoms with E-state index in [0.29, 0.717) is 0 Å². The van der Waals surface area contributed by atoms with Crippen LogP contribution in [0.5, 0.6) is 5.75 Å². The molecule has 3 rings (SSSR count). The molecule has 0 aromatic heterocycles. The molecule has 0 fully saturated rings. The lowest BCUT2D eigenvalue weighted by atomic mass is 9.72. The van der Waals surface area contributed by atoms with Crippen LogP contribution in [-0.4, -0.2) is 12.1 Å². The highest BCUT2D eigenvalue weighted by atomic mass is 16.5. The third-order valence-corrected chi connectivity index (χ3v) is 2.89. The lowest BCUT2D eigenvalue weighted by Gasteiger charge is -2.23. The summed E-state index contributed by atoms with van der Waals surface area (Å²) in [7, 11) is -0.856. The van der Waals surface area contributed by atoms with Crippen molar-refractivity contribution < 1.29 is 9.68 Å². The van der Waals surface area contributed by atoms with Gasteiger partial charge in [0.1, 0.15) is 5.75 Å². The molecule has 1 aliphatic heterocycles. The zero-order valence-corrected chi connectivity index (χ0v) is 8.97. The van der Waals surface area contributed by atoms with Gasteiger partial charge in [-0.1, -0.05) is 42.0 Å². The largest absolute Gasteiger partial charge is 0.560 e. The number of hydrogen-bond acceptors (Lipinski definition) is 2. The van der Waals surface area contributed by atoms with E-state index in [1.54, 1.807) is 0 Å². The Kier molecular flexibility index (Phi) is 2.01. The molecule has 0 atom stereocenters. The predicted octanol–water partition coefficient (Wildman–Crippen LogP) is 1.74. The Bertz CT molecular complexity index is 551. The maximum atomic E-state index is 9.88. The lowest BCUT2D eigenvalue weighted by molar-refractivity contribution is 0.431. The number of rotatable bonds is 0. The Morgan fingerprint density at radius 3 is 2.75 bits per heavy atom. The van der Waals surface area contributed by atoms with Crippen LogP contribution in [0, 0.1) is 6.92 Å². The summed E-state index contributed by atoms with van der Waals surface area (Å²) in [5, 5.41) is 9.88. The maximum absolute atomic E-state index is 9.88. The fourth-order valence-corrected chi connectivity index (χ4v) is 2.09. The Morgan fingerprint density at radius 1 is 1.06 bits per heavy atom. The average molecular weight is 210 g/mol. The molecule has 16 heavy (non-hydrogen) atoms. The topological polar surface area (TPSA) is 29.5 Å². The monoisotopic (exact) mass is 210 g/mol. The van der Waals surface area contributed by atoms with Crippen molar-refractivity contribution in [3.8, 4) is 16.9 Å². The van der Waals surface area contributed by atoms with Crippen molar-refractivity contribution in [1.82, 2.24) is 0 Å². The van der Waals surface area contributed by atoms with E-state index in [2.05, 4.69) is 6.07 Å². The van der Waals surface area contributed by atoms with E-state index in [4.69, 9.17) is 4.65 Å². The van der Waals surface area contributed by atoms with Crippen molar-refractivity contribution in [1.29, 1.82) is 0 Å². The number of fused-ring (bicyclic) bond motifs is 3. The minimum absolute atomic E-state index is 0.744. The molecule has 0 unspecified atom stereocenters. The molecule has 1 N–H and O–H groups in total. The minimum Gasteiger partial charge on any atom is -0.532 e. The van der Waals surface area contributed by atoms with E-state index in [1.807, 2.05) is 43.3 Å². The molecule has 0 spiro atoms. The van der Waals surface area contributed by atoms with Gasteiger partial charge in [0.05, 0.1) is 0 Å². The second-order valence-electron chi connectivity index (χ2n) is 4.06. The zero-order valence-electron chi connectivity index (χ0n) is 8.97. The van der Waals surface area contributed by atoms with Crippen LogP contribution in [0.3, 0.4) is 0 Å². The summed E-state index contributed by atoms with van der Waals surface area (Å²) in [6, 6.07) is 13.8. The van der Waals surface area contributed by atoms with Crippen molar-refractivity contribution in [3.63, 3.8) is 0 Å². The molecule has 2 aromatic rings. The molecule has 2 nitrogen and oxygen atoms in total. The fraction of sp³-hybridized carbons (Fsp3) is 0.0769. The smallest absolute Gasteiger partial charge is 0.532 e. The first-order valence-electron chi connectivity index (χ1n) is 5.30. The van der Waals surface area contributed by atoms with Gasteiger partial charge in [-0.15, -0.1) is 0 Å². The molecule has 2 aromatic carbocycles. The Hall–Kier alpha value is -1.74. The molecular formula is C13H11BO2. The van der Waals surface area contributed by atoms with Gasteiger partial charge in [0, 0.05) is 11.0 Å². The first kappa shape index (κ1) is 9.49. The molecule has 0 amide bonds. The van der Waals surface area contributed by atoms with Gasteiger partial charge in [0.2, 0.25) is 0 Å². The second kappa shape index (κ2) is 3.39. The quantitative estimate of drug-likeness (QED) is 0.671. The van der Waals surface area contributed by atoms with Gasteiger partial charge in [-0.05, 0) is 18.6 Å². The first-order valence-corrected chi connectivity index (χ1v) is 5.30. The third kappa shape index (κ3) is 1.33. The summed E-state index contributed by atoms with van der Waals surface area (Å²) in [5.74, 6) is 0.744. The van der Waals surface area contributed by atoms with E-state index in [1.165, 1.54) is 5.56 Å². The SMILES string of the molecule is Cc1ccc2c(c1)-c1ccccc1OB2O. The summed E-state index contributed by atoms with van der Waals surface area (Å²) in [6.45, 7) is 2.05. The fourth-order valence-electron chi connectivity index (χ4n) is 2.09. The van der Waals surface area contributed by atoms with E-state index in [9.17, 15) is 5.02 Å². The van der Waals surface area contributed by atoms with E-state index >= 15 is 0 Å². The number of aryl methyl sites for hydroxylation is 1. The number of hydrogen-bond donors (Lipinski definition) is 1. The van der Waals surface area contributed by atoms with Gasteiger partial charge in [-0.2, -0.15) is 0 Å². The molecule has 0 saturated heterocycles. The van der Waals surface area contributed by atoms with Crippen molar-refractivity contribution in [3.05, 3.63) is 48.0 Å². The molecule has 0 aliphatic carbocycles. The second-order valence-corrected chi connectivity index (χ2v) is 4.06. The predicted molar refractivity (Wildman–Crippen MR) is 64.8 cm³/mol. The normalized spacial score (nSPS) is 12.8. The van der Waals surface area contributed by atoms with E-state index in [-0.39, 0.29) is 0 Å². The summed E-state index contributed by atoms with van der Waals surface area (Å²) < 4.78 is 5.45. The first-order chi connectivity index (χ1) is 7.75. The molecule has 1 aliphatic rings. The standard InChI is InChI=1S/C13H11BO2/c1-9-6-7-12-11(8-9)10-4-2-3-5-13(10)16-14(12)15/h2-8,15H,1H3. The minimum atomic E-state index is -0.856. The average Bonchev–Trinajstić information content (AvgIpc) is 2.29. The molecule has 0 radical (unpaired) electrons. The molecule has 78 valence electrons. The van der Waals surface area contributed by atoms with Gasteiger partial charge in [-0.25, -0.2) is 0 Å². The van der Waals surface area contributed by atoms with Crippen molar-refractivity contribution in [2.45, 2.75) is 6.92 Å². The Labute approximate surface area is 94.6 Å². The summed E-state index contributed by atoms with van der Waals surface area (Å²) >= 11 is 0. The van der Waals surface area contributed by atoms with Crippen LogP contribution in [0.25, 0.3) is 11.1 Å². The molecule has 0 saturated carbocycles. The van der Waals surface area contributed by atoms with Gasteiger partial charge in [-0.3, -0.25) is 0 Å². The summed E-state index contributed by atoms with van der Waals surface area (Å²) in [6.07, 6.45) is 0. The third-order valence-electron chi connectivity index (χ3n) is 2.89. The molecule has 3 heteroatoms. The van der Waals surface area contributed by atoms with Crippen LogP contribution >= 0.6 is 0 Å². The van der Waals surface area contributed by atoms with Gasteiger partial charge >= 0.3 is 7.12 Å². The molecule has 1 heterocycles.